The van der Waals surface area contributed by atoms with E-state index in [0.29, 0.717) is 5.56 Å². The minimum Gasteiger partial charge on any atom is -0.348 e. The number of thioether (sulfide) groups is 1. The van der Waals surface area contributed by atoms with Crippen LogP contribution in [-0.2, 0) is 6.42 Å². The van der Waals surface area contributed by atoms with Crippen molar-refractivity contribution in [1.82, 2.24) is 5.32 Å². The van der Waals surface area contributed by atoms with E-state index in [9.17, 15) is 4.79 Å². The Balaban J connectivity index is 1.68. The highest BCUT2D eigenvalue weighted by atomic mass is 32.2. The fourth-order valence-corrected chi connectivity index (χ4v) is 3.57. The maximum absolute atomic E-state index is 12.5. The van der Waals surface area contributed by atoms with Crippen molar-refractivity contribution in [2.24, 2.45) is 0 Å². The number of amides is 1. The molecule has 1 N–H and O–H groups in total. The van der Waals surface area contributed by atoms with Crippen molar-refractivity contribution in [3.05, 3.63) is 102 Å². The lowest BCUT2D eigenvalue weighted by Gasteiger charge is -2.19. The molecule has 3 aromatic rings. The Morgan fingerprint density at radius 3 is 2.00 bits per heavy atom. The van der Waals surface area contributed by atoms with Crippen LogP contribution in [0.25, 0.3) is 0 Å². The Morgan fingerprint density at radius 2 is 1.36 bits per heavy atom. The van der Waals surface area contributed by atoms with Gasteiger partial charge in [-0.1, -0.05) is 66.7 Å². The first-order valence-corrected chi connectivity index (χ1v) is 9.37. The molecule has 0 heterocycles. The number of hydrogen-bond acceptors (Lipinski definition) is 2. The second-order valence-corrected chi connectivity index (χ2v) is 6.94. The van der Waals surface area contributed by atoms with Gasteiger partial charge >= 0.3 is 0 Å². The largest absolute Gasteiger partial charge is 0.348 e. The Labute approximate surface area is 153 Å². The van der Waals surface area contributed by atoms with E-state index in [1.54, 1.807) is 11.8 Å². The molecule has 3 rings (SSSR count). The molecular formula is C22H21NOS. The summed E-state index contributed by atoms with van der Waals surface area (Å²) in [6.45, 7) is 0. The SMILES string of the molecule is O=C(N[C@H](CSc1ccccc1)Cc1ccccc1)c1ccccc1. The van der Waals surface area contributed by atoms with E-state index in [-0.39, 0.29) is 11.9 Å². The van der Waals surface area contributed by atoms with Gasteiger partial charge in [-0.25, -0.2) is 0 Å². The van der Waals surface area contributed by atoms with E-state index >= 15 is 0 Å². The number of hydrogen-bond donors (Lipinski definition) is 1. The van der Waals surface area contributed by atoms with Gasteiger partial charge in [0.05, 0.1) is 0 Å². The van der Waals surface area contributed by atoms with Crippen molar-refractivity contribution in [1.29, 1.82) is 0 Å². The van der Waals surface area contributed by atoms with Crippen molar-refractivity contribution in [2.45, 2.75) is 17.4 Å². The van der Waals surface area contributed by atoms with E-state index in [2.05, 4.69) is 29.6 Å². The summed E-state index contributed by atoms with van der Waals surface area (Å²) in [6.07, 6.45) is 0.819. The Hall–Kier alpha value is -2.52. The molecule has 0 aromatic heterocycles. The van der Waals surface area contributed by atoms with E-state index in [4.69, 9.17) is 0 Å². The van der Waals surface area contributed by atoms with Crippen molar-refractivity contribution < 1.29 is 4.79 Å². The molecule has 0 fully saturated rings. The molecular weight excluding hydrogens is 326 g/mol. The van der Waals surface area contributed by atoms with Crippen LogP contribution < -0.4 is 5.32 Å². The predicted molar refractivity (Wildman–Crippen MR) is 105 cm³/mol. The Bertz CT molecular complexity index is 775. The molecule has 0 aliphatic carbocycles. The second kappa shape index (κ2) is 9.09. The van der Waals surface area contributed by atoms with Crippen molar-refractivity contribution in [2.75, 3.05) is 5.75 Å². The number of rotatable bonds is 7. The molecule has 3 aromatic carbocycles. The van der Waals surface area contributed by atoms with Crippen LogP contribution in [0.1, 0.15) is 15.9 Å². The van der Waals surface area contributed by atoms with E-state index in [0.717, 1.165) is 12.2 Å². The van der Waals surface area contributed by atoms with Gasteiger partial charge in [-0.05, 0) is 36.2 Å². The van der Waals surface area contributed by atoms with Gasteiger partial charge in [0.25, 0.3) is 5.91 Å². The molecule has 0 radical (unpaired) electrons. The van der Waals surface area contributed by atoms with Crippen LogP contribution in [-0.4, -0.2) is 17.7 Å². The maximum atomic E-state index is 12.5. The third-order valence-electron chi connectivity index (χ3n) is 3.89. The lowest BCUT2D eigenvalue weighted by Crippen LogP contribution is -2.38. The number of carbonyl (C=O) groups excluding carboxylic acids is 1. The smallest absolute Gasteiger partial charge is 0.251 e. The molecule has 0 bridgehead atoms. The zero-order valence-electron chi connectivity index (χ0n) is 14.0. The number of nitrogens with one attached hydrogen (secondary N) is 1. The molecule has 0 aliphatic rings. The average molecular weight is 347 g/mol. The van der Waals surface area contributed by atoms with Crippen LogP contribution in [0.3, 0.4) is 0 Å². The van der Waals surface area contributed by atoms with E-state index in [1.165, 1.54) is 10.5 Å². The maximum Gasteiger partial charge on any atom is 0.251 e. The van der Waals surface area contributed by atoms with Gasteiger partial charge in [-0.2, -0.15) is 0 Å². The van der Waals surface area contributed by atoms with Crippen molar-refractivity contribution >= 4 is 17.7 Å². The quantitative estimate of drug-likeness (QED) is 0.621. The lowest BCUT2D eigenvalue weighted by molar-refractivity contribution is 0.0941. The number of benzene rings is 3. The summed E-state index contributed by atoms with van der Waals surface area (Å²) >= 11 is 1.77. The van der Waals surface area contributed by atoms with Gasteiger partial charge in [-0.3, -0.25) is 4.79 Å². The first-order chi connectivity index (χ1) is 12.3. The summed E-state index contributed by atoms with van der Waals surface area (Å²) in [5, 5.41) is 3.19. The predicted octanol–water partition coefficient (Wildman–Crippen LogP) is 4.82. The summed E-state index contributed by atoms with van der Waals surface area (Å²) in [4.78, 5) is 13.8. The molecule has 0 saturated carbocycles. The van der Waals surface area contributed by atoms with Crippen molar-refractivity contribution in [3.63, 3.8) is 0 Å². The van der Waals surface area contributed by atoms with E-state index in [1.807, 2.05) is 66.7 Å². The molecule has 0 aliphatic heterocycles. The molecule has 25 heavy (non-hydrogen) atoms. The van der Waals surface area contributed by atoms with Crippen LogP contribution in [0.15, 0.2) is 95.9 Å². The van der Waals surface area contributed by atoms with Crippen LogP contribution in [0.4, 0.5) is 0 Å². The normalized spacial score (nSPS) is 11.7. The minimum atomic E-state index is -0.0183. The summed E-state index contributed by atoms with van der Waals surface area (Å²) in [5.74, 6) is 0.812. The van der Waals surface area contributed by atoms with Crippen LogP contribution in [0.5, 0.6) is 0 Å². The van der Waals surface area contributed by atoms with E-state index < -0.39 is 0 Å². The van der Waals surface area contributed by atoms with Gasteiger partial charge in [0.1, 0.15) is 0 Å². The molecule has 2 nitrogen and oxygen atoms in total. The fourth-order valence-electron chi connectivity index (χ4n) is 2.62. The topological polar surface area (TPSA) is 29.1 Å². The molecule has 3 heteroatoms. The standard InChI is InChI=1S/C22H21NOS/c24-22(19-12-6-2-7-13-19)23-20(16-18-10-4-1-5-11-18)17-25-21-14-8-3-9-15-21/h1-15,20H,16-17H2,(H,23,24)/t20-/m0/s1. The second-order valence-electron chi connectivity index (χ2n) is 5.85. The van der Waals surface area contributed by atoms with Gasteiger partial charge in [0.15, 0.2) is 0 Å². The molecule has 1 amide bonds. The number of carbonyl (C=O) groups is 1. The zero-order chi connectivity index (χ0) is 17.3. The minimum absolute atomic E-state index is 0.0183. The average Bonchev–Trinajstić information content (AvgIpc) is 2.68. The van der Waals surface area contributed by atoms with Crippen LogP contribution in [0, 0.1) is 0 Å². The van der Waals surface area contributed by atoms with Gasteiger partial charge in [-0.15, -0.1) is 11.8 Å². The van der Waals surface area contributed by atoms with Crippen LogP contribution in [0.2, 0.25) is 0 Å². The summed E-state index contributed by atoms with van der Waals surface area (Å²) in [7, 11) is 0. The van der Waals surface area contributed by atoms with Gasteiger partial charge < -0.3 is 5.32 Å². The fraction of sp³-hybridized carbons (Fsp3) is 0.136. The third-order valence-corrected chi connectivity index (χ3v) is 5.07. The Morgan fingerprint density at radius 1 is 0.800 bits per heavy atom. The van der Waals surface area contributed by atoms with Gasteiger partial charge in [0.2, 0.25) is 0 Å². The van der Waals surface area contributed by atoms with Crippen molar-refractivity contribution in [3.8, 4) is 0 Å². The molecule has 0 saturated heterocycles. The third kappa shape index (κ3) is 5.50. The first-order valence-electron chi connectivity index (χ1n) is 8.39. The molecule has 0 unspecified atom stereocenters. The first kappa shape index (κ1) is 17.3. The molecule has 1 atom stereocenters. The highest BCUT2D eigenvalue weighted by molar-refractivity contribution is 7.99. The summed E-state index contributed by atoms with van der Waals surface area (Å²) in [5.41, 5.74) is 1.93. The summed E-state index contributed by atoms with van der Waals surface area (Å²) in [6, 6.07) is 30.1. The summed E-state index contributed by atoms with van der Waals surface area (Å²) < 4.78 is 0. The highest BCUT2D eigenvalue weighted by Gasteiger charge is 2.15. The van der Waals surface area contributed by atoms with Gasteiger partial charge in [0, 0.05) is 22.3 Å². The monoisotopic (exact) mass is 347 g/mol. The zero-order valence-corrected chi connectivity index (χ0v) is 14.8. The molecule has 0 spiro atoms. The molecule has 126 valence electrons. The highest BCUT2D eigenvalue weighted by Crippen LogP contribution is 2.19. The lowest BCUT2D eigenvalue weighted by atomic mass is 10.1. The van der Waals surface area contributed by atoms with Crippen LogP contribution >= 0.6 is 11.8 Å². The Kier molecular flexibility index (Phi) is 6.29.